The Hall–Kier alpha value is -1.73. The highest BCUT2D eigenvalue weighted by Crippen LogP contribution is 2.25. The number of carbonyl (C=O) groups is 1. The van der Waals surface area contributed by atoms with Crippen molar-refractivity contribution in [1.82, 2.24) is 19.7 Å². The lowest BCUT2D eigenvalue weighted by Crippen LogP contribution is -2.55. The van der Waals surface area contributed by atoms with Gasteiger partial charge in [0.25, 0.3) is 0 Å². The van der Waals surface area contributed by atoms with E-state index in [4.69, 9.17) is 0 Å². The Bertz CT molecular complexity index is 630. The van der Waals surface area contributed by atoms with Crippen LogP contribution in [0, 0.1) is 13.8 Å². The van der Waals surface area contributed by atoms with E-state index in [1.807, 2.05) is 19.2 Å². The zero-order chi connectivity index (χ0) is 15.0. The van der Waals surface area contributed by atoms with E-state index in [9.17, 15) is 4.79 Å². The molecule has 0 aromatic carbocycles. The first-order valence-electron chi connectivity index (χ1n) is 7.02. The number of carbonyl (C=O) groups excluding carboxylic acids is 1. The average Bonchev–Trinajstić information content (AvgIpc) is 2.98. The third-order valence-corrected chi connectivity index (χ3v) is 4.56. The van der Waals surface area contributed by atoms with E-state index < -0.39 is 0 Å². The number of amides is 1. The van der Waals surface area contributed by atoms with Crippen LogP contribution in [0.15, 0.2) is 17.6 Å². The summed E-state index contributed by atoms with van der Waals surface area (Å²) in [6.45, 7) is 7.72. The van der Waals surface area contributed by atoms with Crippen molar-refractivity contribution < 1.29 is 4.79 Å². The Morgan fingerprint density at radius 2 is 2.24 bits per heavy atom. The molecule has 1 N–H and O–H groups in total. The van der Waals surface area contributed by atoms with Gasteiger partial charge in [-0.2, -0.15) is 5.10 Å². The molecule has 0 bridgehead atoms. The largest absolute Gasteiger partial charge is 0.301 e. The highest BCUT2D eigenvalue weighted by molar-refractivity contribution is 7.13. The molecule has 1 amide bonds. The maximum absolute atomic E-state index is 12.2. The molecule has 6 nitrogen and oxygen atoms in total. The maximum atomic E-state index is 12.2. The Morgan fingerprint density at radius 1 is 1.48 bits per heavy atom. The van der Waals surface area contributed by atoms with Crippen LogP contribution in [-0.2, 0) is 4.79 Å². The Balaban J connectivity index is 1.55. The molecule has 7 heteroatoms. The minimum Gasteiger partial charge on any atom is -0.301 e. The van der Waals surface area contributed by atoms with E-state index in [1.165, 1.54) is 17.0 Å². The molecule has 1 fully saturated rings. The monoisotopic (exact) mass is 305 g/mol. The van der Waals surface area contributed by atoms with Crippen LogP contribution in [0.1, 0.15) is 24.4 Å². The van der Waals surface area contributed by atoms with Gasteiger partial charge < -0.3 is 5.32 Å². The van der Waals surface area contributed by atoms with Crippen LogP contribution in [0.3, 0.4) is 0 Å². The summed E-state index contributed by atoms with van der Waals surface area (Å²) >= 11 is 1.43. The van der Waals surface area contributed by atoms with Gasteiger partial charge in [0.15, 0.2) is 5.13 Å². The zero-order valence-corrected chi connectivity index (χ0v) is 13.2. The molecule has 3 heterocycles. The lowest BCUT2D eigenvalue weighted by Gasteiger charge is -2.42. The third kappa shape index (κ3) is 2.84. The molecule has 2 aromatic rings. The molecular weight excluding hydrogens is 286 g/mol. The second-order valence-corrected chi connectivity index (χ2v) is 6.38. The molecule has 112 valence electrons. The highest BCUT2D eigenvalue weighted by atomic mass is 32.1. The highest BCUT2D eigenvalue weighted by Gasteiger charge is 2.35. The topological polar surface area (TPSA) is 63.1 Å². The van der Waals surface area contributed by atoms with Crippen molar-refractivity contribution >= 4 is 22.4 Å². The van der Waals surface area contributed by atoms with E-state index >= 15 is 0 Å². The van der Waals surface area contributed by atoms with Crippen LogP contribution in [-0.4, -0.2) is 44.7 Å². The van der Waals surface area contributed by atoms with Crippen molar-refractivity contribution in [2.75, 3.05) is 18.4 Å². The number of aromatic nitrogens is 3. The van der Waals surface area contributed by atoms with Crippen LogP contribution in [0.25, 0.3) is 0 Å². The molecule has 2 aromatic heterocycles. The molecule has 1 aliphatic heterocycles. The van der Waals surface area contributed by atoms with Crippen molar-refractivity contribution in [2.24, 2.45) is 0 Å². The van der Waals surface area contributed by atoms with Gasteiger partial charge in [-0.1, -0.05) is 0 Å². The summed E-state index contributed by atoms with van der Waals surface area (Å²) in [5.41, 5.74) is 2.22. The molecule has 1 saturated heterocycles. The molecule has 1 aliphatic rings. The molecule has 0 radical (unpaired) electrons. The summed E-state index contributed by atoms with van der Waals surface area (Å²) in [4.78, 5) is 18.4. The number of thiazole rings is 1. The van der Waals surface area contributed by atoms with Crippen LogP contribution in [0.5, 0.6) is 0 Å². The van der Waals surface area contributed by atoms with Gasteiger partial charge in [0, 0.05) is 30.4 Å². The van der Waals surface area contributed by atoms with Gasteiger partial charge in [-0.15, -0.1) is 11.3 Å². The molecule has 0 aliphatic carbocycles. The summed E-state index contributed by atoms with van der Waals surface area (Å²) in [5.74, 6) is -0.00299. The average molecular weight is 305 g/mol. The summed E-state index contributed by atoms with van der Waals surface area (Å²) in [7, 11) is 0. The fraction of sp³-hybridized carbons (Fsp3) is 0.500. The van der Waals surface area contributed by atoms with E-state index in [0.717, 1.165) is 18.8 Å². The van der Waals surface area contributed by atoms with Crippen LogP contribution in [0.4, 0.5) is 5.13 Å². The van der Waals surface area contributed by atoms with Crippen molar-refractivity contribution in [3.8, 4) is 0 Å². The lowest BCUT2D eigenvalue weighted by atomic mass is 10.1. The molecule has 21 heavy (non-hydrogen) atoms. The minimum atomic E-state index is -0.151. The van der Waals surface area contributed by atoms with Gasteiger partial charge in [0.05, 0.1) is 17.8 Å². The van der Waals surface area contributed by atoms with Crippen LogP contribution in [0.2, 0.25) is 0 Å². The molecule has 0 saturated carbocycles. The number of likely N-dealkylation sites (tertiary alicyclic amines) is 1. The first kappa shape index (κ1) is 14.2. The number of anilines is 1. The fourth-order valence-electron chi connectivity index (χ4n) is 2.64. The lowest BCUT2D eigenvalue weighted by molar-refractivity contribution is -0.123. The van der Waals surface area contributed by atoms with E-state index in [0.29, 0.717) is 11.2 Å². The van der Waals surface area contributed by atoms with Crippen molar-refractivity contribution in [3.05, 3.63) is 29.0 Å². The number of aryl methyl sites for hydroxylation is 2. The number of hydrogen-bond donors (Lipinski definition) is 1. The van der Waals surface area contributed by atoms with Crippen molar-refractivity contribution in [3.63, 3.8) is 0 Å². The first-order chi connectivity index (χ1) is 10.0. The van der Waals surface area contributed by atoms with Gasteiger partial charge in [-0.05, 0) is 26.8 Å². The summed E-state index contributed by atoms with van der Waals surface area (Å²) < 4.78 is 2.07. The van der Waals surface area contributed by atoms with E-state index in [-0.39, 0.29) is 11.9 Å². The normalized spacial score (nSPS) is 17.5. The second kappa shape index (κ2) is 5.57. The van der Waals surface area contributed by atoms with E-state index in [1.54, 1.807) is 6.20 Å². The summed E-state index contributed by atoms with van der Waals surface area (Å²) in [6, 6.07) is 2.30. The quantitative estimate of drug-likeness (QED) is 0.936. The standard InChI is InChI=1S/C14H19N5OS/c1-9-6-10(2)19(17-9)12-7-18(8-12)11(3)13(20)16-14-15-4-5-21-14/h4-6,11-12H,7-8H2,1-3H3,(H,15,16,20)/t11-/m0/s1. The number of nitrogens with one attached hydrogen (secondary N) is 1. The smallest absolute Gasteiger partial charge is 0.243 e. The van der Waals surface area contributed by atoms with Gasteiger partial charge in [0.1, 0.15) is 0 Å². The number of rotatable bonds is 4. The fourth-order valence-corrected chi connectivity index (χ4v) is 3.17. The van der Waals surface area contributed by atoms with Crippen molar-refractivity contribution in [2.45, 2.75) is 32.9 Å². The first-order valence-corrected chi connectivity index (χ1v) is 7.89. The van der Waals surface area contributed by atoms with Gasteiger partial charge in [-0.25, -0.2) is 4.98 Å². The predicted octanol–water partition coefficient (Wildman–Crippen LogP) is 1.84. The molecular formula is C14H19N5OS. The Labute approximate surface area is 127 Å². The van der Waals surface area contributed by atoms with Gasteiger partial charge >= 0.3 is 0 Å². The van der Waals surface area contributed by atoms with E-state index in [2.05, 4.69) is 38.0 Å². The third-order valence-electron chi connectivity index (χ3n) is 3.87. The van der Waals surface area contributed by atoms with Crippen LogP contribution >= 0.6 is 11.3 Å². The van der Waals surface area contributed by atoms with Gasteiger partial charge in [0.2, 0.25) is 5.91 Å². The molecule has 1 atom stereocenters. The summed E-state index contributed by atoms with van der Waals surface area (Å²) in [5, 5.41) is 9.86. The minimum absolute atomic E-state index is 0.00299. The van der Waals surface area contributed by atoms with Gasteiger partial charge in [-0.3, -0.25) is 14.4 Å². The molecule has 3 rings (SSSR count). The number of hydrogen-bond acceptors (Lipinski definition) is 5. The maximum Gasteiger partial charge on any atom is 0.243 e. The van der Waals surface area contributed by atoms with Crippen molar-refractivity contribution in [1.29, 1.82) is 0 Å². The predicted molar refractivity (Wildman–Crippen MR) is 82.5 cm³/mol. The molecule has 0 unspecified atom stereocenters. The zero-order valence-electron chi connectivity index (χ0n) is 12.4. The Morgan fingerprint density at radius 3 is 2.81 bits per heavy atom. The Kier molecular flexibility index (Phi) is 3.77. The van der Waals surface area contributed by atoms with Crippen LogP contribution < -0.4 is 5.32 Å². The summed E-state index contributed by atoms with van der Waals surface area (Å²) in [6.07, 6.45) is 1.69. The number of nitrogens with zero attached hydrogens (tertiary/aromatic N) is 4. The second-order valence-electron chi connectivity index (χ2n) is 5.48. The molecule has 0 spiro atoms. The SMILES string of the molecule is Cc1cc(C)n(C2CN([C@@H](C)C(=O)Nc3nccs3)C2)n1.